The summed E-state index contributed by atoms with van der Waals surface area (Å²) in [6.45, 7) is 7.51. The predicted molar refractivity (Wildman–Crippen MR) is 99.3 cm³/mol. The Kier molecular flexibility index (Phi) is 5.53. The summed E-state index contributed by atoms with van der Waals surface area (Å²) < 4.78 is 11.0. The van der Waals surface area contributed by atoms with E-state index in [-0.39, 0.29) is 17.4 Å². The summed E-state index contributed by atoms with van der Waals surface area (Å²) in [4.78, 5) is 19.3. The molecule has 6 heteroatoms. The monoisotopic (exact) mass is 362 g/mol. The minimum absolute atomic E-state index is 0.0720. The van der Waals surface area contributed by atoms with Crippen molar-refractivity contribution in [1.29, 1.82) is 0 Å². The van der Waals surface area contributed by atoms with Crippen LogP contribution in [0.5, 0.6) is 5.88 Å². The summed E-state index contributed by atoms with van der Waals surface area (Å²) in [6, 6.07) is 3.71. The first kappa shape index (κ1) is 19.1. The Hall–Kier alpha value is -1.66. The van der Waals surface area contributed by atoms with Crippen molar-refractivity contribution in [2.75, 3.05) is 24.7 Å². The second kappa shape index (κ2) is 7.53. The third-order valence-corrected chi connectivity index (χ3v) is 5.61. The van der Waals surface area contributed by atoms with E-state index in [2.05, 4.69) is 4.98 Å². The third kappa shape index (κ3) is 3.86. The van der Waals surface area contributed by atoms with Gasteiger partial charge >= 0.3 is 0 Å². The number of aromatic nitrogens is 1. The number of nitrogens with zero attached hydrogens (tertiary/aromatic N) is 2. The largest absolute Gasteiger partial charge is 0.475 e. The average Bonchev–Trinajstić information content (AvgIpc) is 2.93. The van der Waals surface area contributed by atoms with Gasteiger partial charge < -0.3 is 19.5 Å². The molecule has 1 saturated carbocycles. The molecule has 1 aliphatic carbocycles. The van der Waals surface area contributed by atoms with E-state index < -0.39 is 5.60 Å². The fourth-order valence-corrected chi connectivity index (χ4v) is 4.00. The van der Waals surface area contributed by atoms with Crippen LogP contribution in [-0.2, 0) is 9.53 Å². The molecule has 1 aromatic rings. The van der Waals surface area contributed by atoms with Crippen molar-refractivity contribution in [3.05, 3.63) is 18.3 Å². The number of ether oxygens (including phenoxy) is 2. The summed E-state index contributed by atoms with van der Waals surface area (Å²) in [7, 11) is 0. The Morgan fingerprint density at radius 2 is 1.96 bits per heavy atom. The van der Waals surface area contributed by atoms with Crippen molar-refractivity contribution in [2.24, 2.45) is 5.41 Å². The van der Waals surface area contributed by atoms with Gasteiger partial charge in [-0.15, -0.1) is 0 Å². The fourth-order valence-electron chi connectivity index (χ4n) is 4.00. The predicted octanol–water partition coefficient (Wildman–Crippen LogP) is 2.93. The number of rotatable bonds is 6. The van der Waals surface area contributed by atoms with E-state index in [0.717, 1.165) is 12.1 Å². The van der Waals surface area contributed by atoms with Gasteiger partial charge in [-0.05, 0) is 58.9 Å². The third-order valence-electron chi connectivity index (χ3n) is 5.61. The van der Waals surface area contributed by atoms with Crippen LogP contribution in [0.25, 0.3) is 0 Å². The van der Waals surface area contributed by atoms with Gasteiger partial charge in [-0.1, -0.05) is 0 Å². The van der Waals surface area contributed by atoms with Crippen molar-refractivity contribution < 1.29 is 19.4 Å². The van der Waals surface area contributed by atoms with Crippen LogP contribution in [0.4, 0.5) is 5.69 Å². The Bertz CT molecular complexity index is 621. The quantitative estimate of drug-likeness (QED) is 0.842. The molecule has 2 aliphatic rings. The van der Waals surface area contributed by atoms with Gasteiger partial charge in [-0.3, -0.25) is 4.79 Å². The van der Waals surface area contributed by atoms with E-state index >= 15 is 0 Å². The van der Waals surface area contributed by atoms with Crippen molar-refractivity contribution in [3.8, 4) is 5.88 Å². The zero-order valence-electron chi connectivity index (χ0n) is 16.0. The molecule has 26 heavy (non-hydrogen) atoms. The van der Waals surface area contributed by atoms with Crippen LogP contribution in [0.2, 0.25) is 0 Å². The summed E-state index contributed by atoms with van der Waals surface area (Å²) in [5.74, 6) is 0.735. The highest BCUT2D eigenvalue weighted by molar-refractivity contribution is 5.99. The molecule has 2 heterocycles. The molecular formula is C20H30N2O4. The number of hydrogen-bond acceptors (Lipinski definition) is 5. The standard InChI is InChI=1S/C20H30N2O4/c1-4-25-14-20(24)9-7-19(8-10-20)11-12-22(18(19)23)16-5-6-17(21-13-16)26-15(2)3/h5-6,13,15,24H,4,7-12,14H2,1-3H3/t19-,20+. The first-order valence-corrected chi connectivity index (χ1v) is 9.62. The highest BCUT2D eigenvalue weighted by Gasteiger charge is 2.51. The van der Waals surface area contributed by atoms with Crippen molar-refractivity contribution in [2.45, 2.75) is 64.6 Å². The maximum atomic E-state index is 13.1. The molecule has 144 valence electrons. The Balaban J connectivity index is 1.65. The fraction of sp³-hybridized carbons (Fsp3) is 0.700. The Morgan fingerprint density at radius 3 is 2.54 bits per heavy atom. The molecule has 0 bridgehead atoms. The number of hydrogen-bond donors (Lipinski definition) is 1. The lowest BCUT2D eigenvalue weighted by Gasteiger charge is -2.40. The molecule has 0 unspecified atom stereocenters. The summed E-state index contributed by atoms with van der Waals surface area (Å²) >= 11 is 0. The average molecular weight is 362 g/mol. The second-order valence-corrected chi connectivity index (χ2v) is 7.87. The van der Waals surface area contributed by atoms with Crippen LogP contribution >= 0.6 is 0 Å². The zero-order valence-corrected chi connectivity index (χ0v) is 16.0. The number of carbonyl (C=O) groups excluding carboxylic acids is 1. The van der Waals surface area contributed by atoms with Crippen LogP contribution in [0.15, 0.2) is 18.3 Å². The topological polar surface area (TPSA) is 71.9 Å². The van der Waals surface area contributed by atoms with E-state index in [4.69, 9.17) is 9.47 Å². The van der Waals surface area contributed by atoms with Gasteiger partial charge in [-0.2, -0.15) is 0 Å². The van der Waals surface area contributed by atoms with E-state index in [1.807, 2.05) is 37.8 Å². The number of amides is 1. The molecule has 1 spiro atoms. The Morgan fingerprint density at radius 1 is 1.23 bits per heavy atom. The number of aliphatic hydroxyl groups is 1. The van der Waals surface area contributed by atoms with E-state index in [1.54, 1.807) is 6.20 Å². The van der Waals surface area contributed by atoms with Crippen LogP contribution in [-0.4, -0.2) is 47.5 Å². The van der Waals surface area contributed by atoms with Gasteiger partial charge in [0.15, 0.2) is 0 Å². The molecule has 2 fully saturated rings. The molecule has 6 nitrogen and oxygen atoms in total. The molecule has 1 aliphatic heterocycles. The molecule has 1 saturated heterocycles. The van der Waals surface area contributed by atoms with Crippen LogP contribution in [0.3, 0.4) is 0 Å². The molecule has 0 radical (unpaired) electrons. The molecule has 1 aromatic heterocycles. The van der Waals surface area contributed by atoms with Gasteiger partial charge in [-0.25, -0.2) is 4.98 Å². The smallest absolute Gasteiger partial charge is 0.233 e. The van der Waals surface area contributed by atoms with Crippen LogP contribution in [0.1, 0.15) is 52.9 Å². The lowest BCUT2D eigenvalue weighted by molar-refractivity contribution is -0.133. The first-order valence-electron chi connectivity index (χ1n) is 9.62. The zero-order chi connectivity index (χ0) is 18.8. The molecule has 3 rings (SSSR count). The van der Waals surface area contributed by atoms with Crippen LogP contribution in [0, 0.1) is 5.41 Å². The maximum Gasteiger partial charge on any atom is 0.233 e. The summed E-state index contributed by atoms with van der Waals surface area (Å²) in [5.41, 5.74) is -0.309. The van der Waals surface area contributed by atoms with Gasteiger partial charge in [0.25, 0.3) is 0 Å². The second-order valence-electron chi connectivity index (χ2n) is 7.87. The number of anilines is 1. The van der Waals surface area contributed by atoms with Crippen LogP contribution < -0.4 is 9.64 Å². The highest BCUT2D eigenvalue weighted by atomic mass is 16.5. The van der Waals surface area contributed by atoms with Crippen molar-refractivity contribution in [3.63, 3.8) is 0 Å². The van der Waals surface area contributed by atoms with E-state index in [1.165, 1.54) is 0 Å². The van der Waals surface area contributed by atoms with E-state index in [9.17, 15) is 9.90 Å². The van der Waals surface area contributed by atoms with Crippen molar-refractivity contribution in [1.82, 2.24) is 4.98 Å². The van der Waals surface area contributed by atoms with Crippen molar-refractivity contribution >= 4 is 11.6 Å². The summed E-state index contributed by atoms with van der Waals surface area (Å²) in [6.07, 6.45) is 5.28. The van der Waals surface area contributed by atoms with Gasteiger partial charge in [0, 0.05) is 19.2 Å². The normalized spacial score (nSPS) is 29.0. The van der Waals surface area contributed by atoms with Gasteiger partial charge in [0.1, 0.15) is 0 Å². The van der Waals surface area contributed by atoms with Gasteiger partial charge in [0.05, 0.1) is 35.6 Å². The van der Waals surface area contributed by atoms with Gasteiger partial charge in [0.2, 0.25) is 11.8 Å². The molecular weight excluding hydrogens is 332 g/mol. The first-order chi connectivity index (χ1) is 12.4. The molecule has 0 aromatic carbocycles. The molecule has 1 amide bonds. The number of pyridine rings is 1. The van der Waals surface area contributed by atoms with E-state index in [0.29, 0.717) is 51.3 Å². The number of carbonyl (C=O) groups is 1. The SMILES string of the molecule is CCOC[C@]1(O)CC[C@]2(CCN(c3ccc(OC(C)C)nc3)C2=O)CC1. The molecule has 1 N–H and O–H groups in total. The minimum Gasteiger partial charge on any atom is -0.475 e. The molecule has 0 atom stereocenters. The minimum atomic E-state index is -0.785. The maximum absolute atomic E-state index is 13.1. The Labute approximate surface area is 155 Å². The highest BCUT2D eigenvalue weighted by Crippen LogP contribution is 2.48. The lowest BCUT2D eigenvalue weighted by atomic mass is 9.68. The lowest BCUT2D eigenvalue weighted by Crippen LogP contribution is -2.45. The summed E-state index contributed by atoms with van der Waals surface area (Å²) in [5, 5.41) is 10.6.